The molecular weight excluding hydrogens is 314 g/mol. The number of ether oxygens (including phenoxy) is 1. The minimum Gasteiger partial charge on any atom is -0.451 e. The first-order chi connectivity index (χ1) is 10.6. The second-order valence-corrected chi connectivity index (χ2v) is 7.72. The van der Waals surface area contributed by atoms with Crippen LogP contribution in [0.1, 0.15) is 55.4 Å². The van der Waals surface area contributed by atoms with Crippen LogP contribution in [0.25, 0.3) is 0 Å². The molecule has 2 atom stereocenters. The van der Waals surface area contributed by atoms with E-state index in [-0.39, 0.29) is 5.91 Å². The highest BCUT2D eigenvalue weighted by Gasteiger charge is 2.28. The van der Waals surface area contributed by atoms with Crippen LogP contribution >= 0.6 is 0 Å². The maximum absolute atomic E-state index is 11.9. The summed E-state index contributed by atoms with van der Waals surface area (Å²) in [5.74, 6) is -1.82. The van der Waals surface area contributed by atoms with Crippen molar-refractivity contribution < 1.29 is 23.9 Å². The summed E-state index contributed by atoms with van der Waals surface area (Å²) in [7, 11) is 0. The molecule has 0 aromatic carbocycles. The molecule has 0 aliphatic heterocycles. The fourth-order valence-corrected chi connectivity index (χ4v) is 1.39. The Morgan fingerprint density at radius 1 is 0.917 bits per heavy atom. The van der Waals surface area contributed by atoms with Crippen LogP contribution in [0.2, 0.25) is 0 Å². The van der Waals surface area contributed by atoms with Crippen LogP contribution in [0, 0.1) is 5.41 Å². The standard InChI is InChI=1S/C16H29N3O5/c1-9(17-13(22)15(3,4)5)12(21)24-10(2)11(20)18-14(23)19-16(6,7)8/h9-10H,1-8H3,(H,17,22)(H2,18,19,20,23). The fourth-order valence-electron chi connectivity index (χ4n) is 1.39. The van der Waals surface area contributed by atoms with Gasteiger partial charge in [-0.2, -0.15) is 0 Å². The van der Waals surface area contributed by atoms with E-state index in [1.807, 2.05) is 0 Å². The Balaban J connectivity index is 4.51. The quantitative estimate of drug-likeness (QED) is 0.661. The number of nitrogens with one attached hydrogen (secondary N) is 3. The highest BCUT2D eigenvalue weighted by atomic mass is 16.5. The molecule has 0 fully saturated rings. The van der Waals surface area contributed by atoms with Crippen LogP contribution in [0.3, 0.4) is 0 Å². The lowest BCUT2D eigenvalue weighted by Crippen LogP contribution is -2.51. The number of carbonyl (C=O) groups is 4. The summed E-state index contributed by atoms with van der Waals surface area (Å²) in [5, 5.41) is 7.16. The van der Waals surface area contributed by atoms with Crippen molar-refractivity contribution in [2.45, 2.75) is 73.1 Å². The monoisotopic (exact) mass is 343 g/mol. The van der Waals surface area contributed by atoms with E-state index in [2.05, 4.69) is 16.0 Å². The highest BCUT2D eigenvalue weighted by molar-refractivity contribution is 5.97. The lowest BCUT2D eigenvalue weighted by atomic mass is 9.95. The second-order valence-electron chi connectivity index (χ2n) is 7.72. The number of rotatable bonds is 4. The number of urea groups is 1. The van der Waals surface area contributed by atoms with Crippen LogP contribution in [0.4, 0.5) is 4.79 Å². The predicted octanol–water partition coefficient (Wildman–Crippen LogP) is 1.09. The minimum atomic E-state index is -1.17. The van der Waals surface area contributed by atoms with E-state index in [1.165, 1.54) is 13.8 Å². The summed E-state index contributed by atoms with van der Waals surface area (Å²) >= 11 is 0. The van der Waals surface area contributed by atoms with Crippen LogP contribution in [0.15, 0.2) is 0 Å². The minimum absolute atomic E-state index is 0.311. The van der Waals surface area contributed by atoms with Gasteiger partial charge in [-0.05, 0) is 34.6 Å². The molecule has 3 N–H and O–H groups in total. The van der Waals surface area contributed by atoms with Gasteiger partial charge in [-0.15, -0.1) is 0 Å². The third-order valence-electron chi connectivity index (χ3n) is 2.77. The Hall–Kier alpha value is -2.12. The van der Waals surface area contributed by atoms with E-state index >= 15 is 0 Å². The van der Waals surface area contributed by atoms with E-state index in [4.69, 9.17) is 4.74 Å². The van der Waals surface area contributed by atoms with Gasteiger partial charge < -0.3 is 15.4 Å². The maximum Gasteiger partial charge on any atom is 0.329 e. The van der Waals surface area contributed by atoms with Gasteiger partial charge in [0.2, 0.25) is 5.91 Å². The first-order valence-electron chi connectivity index (χ1n) is 7.78. The van der Waals surface area contributed by atoms with Gasteiger partial charge >= 0.3 is 12.0 Å². The number of carbonyl (C=O) groups excluding carboxylic acids is 4. The Morgan fingerprint density at radius 3 is 1.83 bits per heavy atom. The van der Waals surface area contributed by atoms with Crippen molar-refractivity contribution in [1.82, 2.24) is 16.0 Å². The maximum atomic E-state index is 11.9. The number of hydrogen-bond acceptors (Lipinski definition) is 5. The number of esters is 1. The van der Waals surface area contributed by atoms with E-state index in [1.54, 1.807) is 41.5 Å². The zero-order valence-electron chi connectivity index (χ0n) is 15.7. The van der Waals surface area contributed by atoms with Crippen LogP contribution in [-0.4, -0.2) is 41.5 Å². The van der Waals surface area contributed by atoms with Crippen molar-refractivity contribution in [3.05, 3.63) is 0 Å². The molecule has 0 bridgehead atoms. The molecule has 0 rings (SSSR count). The van der Waals surface area contributed by atoms with E-state index in [9.17, 15) is 19.2 Å². The predicted molar refractivity (Wildman–Crippen MR) is 89.0 cm³/mol. The first kappa shape index (κ1) is 21.9. The topological polar surface area (TPSA) is 114 Å². The molecule has 0 radical (unpaired) electrons. The van der Waals surface area contributed by atoms with Crippen LogP contribution in [-0.2, 0) is 19.1 Å². The Morgan fingerprint density at radius 2 is 1.42 bits per heavy atom. The van der Waals surface area contributed by atoms with Crippen LogP contribution < -0.4 is 16.0 Å². The summed E-state index contributed by atoms with van der Waals surface area (Å²) in [5.41, 5.74) is -1.15. The Labute approximate surface area is 143 Å². The summed E-state index contributed by atoms with van der Waals surface area (Å²) in [6, 6.07) is -1.58. The first-order valence-corrected chi connectivity index (χ1v) is 7.78. The summed E-state index contributed by atoms with van der Waals surface area (Å²) < 4.78 is 4.97. The molecule has 138 valence electrons. The van der Waals surface area contributed by atoms with Gasteiger partial charge in [0.25, 0.3) is 5.91 Å². The molecule has 0 saturated heterocycles. The summed E-state index contributed by atoms with van der Waals surface area (Å²) in [4.78, 5) is 47.2. The molecule has 4 amide bonds. The third-order valence-corrected chi connectivity index (χ3v) is 2.77. The second kappa shape index (κ2) is 8.12. The average molecular weight is 343 g/mol. The van der Waals surface area contributed by atoms with Gasteiger partial charge in [0, 0.05) is 11.0 Å². The number of hydrogen-bond donors (Lipinski definition) is 3. The fraction of sp³-hybridized carbons (Fsp3) is 0.750. The Kier molecular flexibility index (Phi) is 7.40. The van der Waals surface area contributed by atoms with E-state index < -0.39 is 41.0 Å². The summed E-state index contributed by atoms with van der Waals surface area (Å²) in [6.45, 7) is 13.2. The van der Waals surface area contributed by atoms with E-state index in [0.29, 0.717) is 0 Å². The zero-order chi connectivity index (χ0) is 19.3. The Bertz CT molecular complexity index is 503. The highest BCUT2D eigenvalue weighted by Crippen LogP contribution is 2.13. The van der Waals surface area contributed by atoms with Gasteiger partial charge in [-0.25, -0.2) is 9.59 Å². The number of imide groups is 1. The van der Waals surface area contributed by atoms with Crippen molar-refractivity contribution in [3.63, 3.8) is 0 Å². The van der Waals surface area contributed by atoms with Crippen molar-refractivity contribution >= 4 is 23.8 Å². The lowest BCUT2D eigenvalue weighted by molar-refractivity contribution is -0.157. The molecule has 0 heterocycles. The van der Waals surface area contributed by atoms with E-state index in [0.717, 1.165) is 0 Å². The molecule has 8 nitrogen and oxygen atoms in total. The van der Waals surface area contributed by atoms with Crippen molar-refractivity contribution in [2.24, 2.45) is 5.41 Å². The molecule has 0 aromatic heterocycles. The normalized spacial score (nSPS) is 14.2. The van der Waals surface area contributed by atoms with Gasteiger partial charge in [0.1, 0.15) is 6.04 Å². The molecule has 8 heteroatoms. The molecule has 0 aliphatic rings. The summed E-state index contributed by atoms with van der Waals surface area (Å²) in [6.07, 6.45) is -1.17. The molecule has 2 unspecified atom stereocenters. The smallest absolute Gasteiger partial charge is 0.329 e. The zero-order valence-corrected chi connectivity index (χ0v) is 15.7. The van der Waals surface area contributed by atoms with Crippen molar-refractivity contribution in [3.8, 4) is 0 Å². The third kappa shape index (κ3) is 8.50. The van der Waals surface area contributed by atoms with Crippen molar-refractivity contribution in [1.29, 1.82) is 0 Å². The van der Waals surface area contributed by atoms with Gasteiger partial charge in [0.05, 0.1) is 0 Å². The molecule has 0 saturated carbocycles. The molecular formula is C16H29N3O5. The largest absolute Gasteiger partial charge is 0.451 e. The average Bonchev–Trinajstić information content (AvgIpc) is 2.34. The molecule has 0 aliphatic carbocycles. The lowest BCUT2D eigenvalue weighted by Gasteiger charge is -2.23. The SMILES string of the molecule is CC(NC(=O)C(C)(C)C)C(=O)OC(C)C(=O)NC(=O)NC(C)(C)C. The molecule has 24 heavy (non-hydrogen) atoms. The molecule has 0 aromatic rings. The van der Waals surface area contributed by atoms with Gasteiger partial charge in [-0.3, -0.25) is 14.9 Å². The van der Waals surface area contributed by atoms with Gasteiger partial charge in [0.15, 0.2) is 6.10 Å². The van der Waals surface area contributed by atoms with Crippen molar-refractivity contribution in [2.75, 3.05) is 0 Å². The van der Waals surface area contributed by atoms with Gasteiger partial charge in [-0.1, -0.05) is 20.8 Å². The molecule has 0 spiro atoms. The number of amides is 4. The van der Waals surface area contributed by atoms with Crippen LogP contribution in [0.5, 0.6) is 0 Å².